The van der Waals surface area contributed by atoms with Gasteiger partial charge in [-0.1, -0.05) is 65.2 Å². The highest BCUT2D eigenvalue weighted by molar-refractivity contribution is 5.77. The second kappa shape index (κ2) is 18.3. The van der Waals surface area contributed by atoms with Crippen molar-refractivity contribution in [1.29, 1.82) is 0 Å². The van der Waals surface area contributed by atoms with Gasteiger partial charge in [0.15, 0.2) is 0 Å². The summed E-state index contributed by atoms with van der Waals surface area (Å²) < 4.78 is 0. The molecule has 2 amide bonds. The standard InChI is InChI=1S/C20H40N2O2/c1-3-5-7-9-13-17-21-19(23)15-11-12-16-20(24)22-18-14-10-8-6-4-2/h3-18H2,1-2H3,(H,21,23)(H,22,24). The Balaban J connectivity index is 3.31. The Kier molecular flexibility index (Phi) is 17.5. The lowest BCUT2D eigenvalue weighted by molar-refractivity contribution is -0.123. The van der Waals surface area contributed by atoms with Crippen LogP contribution in [0.15, 0.2) is 0 Å². The Bertz CT molecular complexity index is 276. The van der Waals surface area contributed by atoms with Gasteiger partial charge in [0.2, 0.25) is 11.8 Å². The lowest BCUT2D eigenvalue weighted by atomic mass is 10.1. The van der Waals surface area contributed by atoms with Gasteiger partial charge in [-0.2, -0.15) is 0 Å². The molecule has 4 heteroatoms. The number of hydrogen-bond donors (Lipinski definition) is 2. The molecule has 0 saturated carbocycles. The van der Waals surface area contributed by atoms with Crippen molar-refractivity contribution in [2.75, 3.05) is 13.1 Å². The van der Waals surface area contributed by atoms with E-state index in [9.17, 15) is 9.59 Å². The third-order valence-electron chi connectivity index (χ3n) is 4.26. The zero-order valence-corrected chi connectivity index (χ0v) is 16.1. The maximum absolute atomic E-state index is 11.7. The van der Waals surface area contributed by atoms with Crippen LogP contribution in [0.25, 0.3) is 0 Å². The number of unbranched alkanes of at least 4 members (excludes halogenated alkanes) is 9. The minimum absolute atomic E-state index is 0.127. The second-order valence-corrected chi connectivity index (χ2v) is 6.74. The Morgan fingerprint density at radius 3 is 1.29 bits per heavy atom. The van der Waals surface area contributed by atoms with Gasteiger partial charge in [-0.15, -0.1) is 0 Å². The quantitative estimate of drug-likeness (QED) is 0.376. The molecule has 0 aliphatic carbocycles. The van der Waals surface area contributed by atoms with Crippen molar-refractivity contribution in [3.63, 3.8) is 0 Å². The minimum Gasteiger partial charge on any atom is -0.356 e. The molecule has 0 aromatic rings. The Morgan fingerprint density at radius 1 is 0.542 bits per heavy atom. The molecule has 2 N–H and O–H groups in total. The molecule has 0 aliphatic heterocycles. The number of carbonyl (C=O) groups excluding carboxylic acids is 2. The van der Waals surface area contributed by atoms with Crippen LogP contribution in [0.3, 0.4) is 0 Å². The van der Waals surface area contributed by atoms with Crippen LogP contribution in [0.2, 0.25) is 0 Å². The first-order chi connectivity index (χ1) is 11.7. The van der Waals surface area contributed by atoms with Crippen LogP contribution in [0.4, 0.5) is 0 Å². The maximum atomic E-state index is 11.7. The van der Waals surface area contributed by atoms with Gasteiger partial charge in [-0.25, -0.2) is 0 Å². The SMILES string of the molecule is CCCCCCCNC(=O)CCCCC(=O)NCCCCCCC. The van der Waals surface area contributed by atoms with Crippen LogP contribution < -0.4 is 10.6 Å². The van der Waals surface area contributed by atoms with Crippen LogP contribution in [0, 0.1) is 0 Å². The molecule has 0 fully saturated rings. The molecule has 24 heavy (non-hydrogen) atoms. The molecule has 142 valence electrons. The van der Waals surface area contributed by atoms with Crippen molar-refractivity contribution in [3.05, 3.63) is 0 Å². The topological polar surface area (TPSA) is 58.2 Å². The second-order valence-electron chi connectivity index (χ2n) is 6.74. The summed E-state index contributed by atoms with van der Waals surface area (Å²) in [5, 5.41) is 5.93. The first kappa shape index (κ1) is 22.9. The molecule has 0 spiro atoms. The van der Waals surface area contributed by atoms with E-state index < -0.39 is 0 Å². The van der Waals surface area contributed by atoms with E-state index >= 15 is 0 Å². The van der Waals surface area contributed by atoms with E-state index in [2.05, 4.69) is 24.5 Å². The first-order valence-corrected chi connectivity index (χ1v) is 10.2. The van der Waals surface area contributed by atoms with E-state index in [1.807, 2.05) is 0 Å². The molecule has 0 unspecified atom stereocenters. The zero-order valence-electron chi connectivity index (χ0n) is 16.1. The summed E-state index contributed by atoms with van der Waals surface area (Å²) in [7, 11) is 0. The summed E-state index contributed by atoms with van der Waals surface area (Å²) in [4.78, 5) is 23.3. The summed E-state index contributed by atoms with van der Waals surface area (Å²) >= 11 is 0. The molecular formula is C20H40N2O2. The van der Waals surface area contributed by atoms with Crippen LogP contribution >= 0.6 is 0 Å². The molecule has 0 atom stereocenters. The third kappa shape index (κ3) is 17.3. The Hall–Kier alpha value is -1.06. The summed E-state index contributed by atoms with van der Waals surface area (Å²) in [5.74, 6) is 0.253. The maximum Gasteiger partial charge on any atom is 0.219 e. The van der Waals surface area contributed by atoms with E-state index in [4.69, 9.17) is 0 Å². The van der Waals surface area contributed by atoms with E-state index in [1.54, 1.807) is 0 Å². The van der Waals surface area contributed by atoms with Crippen LogP contribution in [0.1, 0.15) is 104 Å². The Labute approximate surface area is 149 Å². The largest absolute Gasteiger partial charge is 0.356 e. The van der Waals surface area contributed by atoms with E-state index in [0.29, 0.717) is 12.8 Å². The third-order valence-corrected chi connectivity index (χ3v) is 4.26. The zero-order chi connectivity index (χ0) is 17.9. The number of nitrogens with one attached hydrogen (secondary N) is 2. The molecule has 0 radical (unpaired) electrons. The number of carbonyl (C=O) groups is 2. The van der Waals surface area contributed by atoms with Gasteiger partial charge < -0.3 is 10.6 Å². The summed E-state index contributed by atoms with van der Waals surface area (Å²) in [6, 6.07) is 0. The molecule has 0 rings (SSSR count). The molecule has 0 aromatic heterocycles. The van der Waals surface area contributed by atoms with Gasteiger partial charge in [0.25, 0.3) is 0 Å². The smallest absolute Gasteiger partial charge is 0.219 e. The normalized spacial score (nSPS) is 10.6. The molecule has 4 nitrogen and oxygen atoms in total. The average molecular weight is 341 g/mol. The molecular weight excluding hydrogens is 300 g/mol. The van der Waals surface area contributed by atoms with Crippen molar-refractivity contribution in [3.8, 4) is 0 Å². The van der Waals surface area contributed by atoms with Crippen molar-refractivity contribution in [2.24, 2.45) is 0 Å². The van der Waals surface area contributed by atoms with Gasteiger partial charge >= 0.3 is 0 Å². The molecule has 0 aliphatic rings. The van der Waals surface area contributed by atoms with Crippen molar-refractivity contribution >= 4 is 11.8 Å². The monoisotopic (exact) mass is 340 g/mol. The summed E-state index contributed by atoms with van der Waals surface area (Å²) in [6.07, 6.45) is 14.8. The van der Waals surface area contributed by atoms with Crippen LogP contribution in [-0.4, -0.2) is 24.9 Å². The lowest BCUT2D eigenvalue weighted by Crippen LogP contribution is -2.25. The highest BCUT2D eigenvalue weighted by atomic mass is 16.2. The molecule has 0 heterocycles. The van der Waals surface area contributed by atoms with E-state index in [-0.39, 0.29) is 11.8 Å². The highest BCUT2D eigenvalue weighted by Crippen LogP contribution is 2.03. The van der Waals surface area contributed by atoms with Crippen molar-refractivity contribution < 1.29 is 9.59 Å². The van der Waals surface area contributed by atoms with Gasteiger partial charge in [-0.05, 0) is 25.7 Å². The summed E-state index contributed by atoms with van der Waals surface area (Å²) in [6.45, 7) is 5.99. The first-order valence-electron chi connectivity index (χ1n) is 10.2. The number of amides is 2. The lowest BCUT2D eigenvalue weighted by Gasteiger charge is -2.06. The average Bonchev–Trinajstić information content (AvgIpc) is 2.58. The summed E-state index contributed by atoms with van der Waals surface area (Å²) in [5.41, 5.74) is 0. The van der Waals surface area contributed by atoms with Gasteiger partial charge in [-0.3, -0.25) is 9.59 Å². The number of hydrogen-bond acceptors (Lipinski definition) is 2. The predicted octanol–water partition coefficient (Wildman–Crippen LogP) is 4.72. The van der Waals surface area contributed by atoms with Crippen molar-refractivity contribution in [1.82, 2.24) is 10.6 Å². The van der Waals surface area contributed by atoms with Gasteiger partial charge in [0, 0.05) is 25.9 Å². The highest BCUT2D eigenvalue weighted by Gasteiger charge is 2.03. The predicted molar refractivity (Wildman–Crippen MR) is 102 cm³/mol. The van der Waals surface area contributed by atoms with Gasteiger partial charge in [0.1, 0.15) is 0 Å². The molecule has 0 saturated heterocycles. The molecule has 0 aromatic carbocycles. The molecule has 0 bridgehead atoms. The van der Waals surface area contributed by atoms with Gasteiger partial charge in [0.05, 0.1) is 0 Å². The van der Waals surface area contributed by atoms with E-state index in [0.717, 1.165) is 38.8 Å². The van der Waals surface area contributed by atoms with Crippen LogP contribution in [0.5, 0.6) is 0 Å². The van der Waals surface area contributed by atoms with Crippen LogP contribution in [-0.2, 0) is 9.59 Å². The fourth-order valence-corrected chi connectivity index (χ4v) is 2.66. The number of rotatable bonds is 17. The Morgan fingerprint density at radius 2 is 0.917 bits per heavy atom. The van der Waals surface area contributed by atoms with E-state index in [1.165, 1.54) is 51.4 Å². The fraction of sp³-hybridized carbons (Fsp3) is 0.900. The minimum atomic E-state index is 0.127. The fourth-order valence-electron chi connectivity index (χ4n) is 2.66. The van der Waals surface area contributed by atoms with Crippen molar-refractivity contribution in [2.45, 2.75) is 104 Å².